The van der Waals surface area contributed by atoms with E-state index in [1.54, 1.807) is 0 Å². The fourth-order valence-corrected chi connectivity index (χ4v) is 4.35. The second kappa shape index (κ2) is 7.11. The van der Waals surface area contributed by atoms with Gasteiger partial charge < -0.3 is 19.7 Å². The third-order valence-electron chi connectivity index (χ3n) is 5.78. The first-order valence-electron chi connectivity index (χ1n) is 8.85. The molecule has 0 saturated carbocycles. The average Bonchev–Trinajstić information content (AvgIpc) is 3.07. The quantitative estimate of drug-likeness (QED) is 0.454. The van der Waals surface area contributed by atoms with E-state index in [0.717, 1.165) is 11.7 Å². The van der Waals surface area contributed by atoms with Crippen LogP contribution in [0.15, 0.2) is 24.3 Å². The van der Waals surface area contributed by atoms with Crippen molar-refractivity contribution in [2.45, 2.75) is 12.5 Å². The van der Waals surface area contributed by atoms with E-state index >= 15 is 0 Å². The smallest absolute Gasteiger partial charge is 0.109 e. The Kier molecular flexibility index (Phi) is 5.24. The molecule has 0 aliphatic carbocycles. The van der Waals surface area contributed by atoms with Crippen LogP contribution < -0.4 is 10.6 Å². The number of hydrogen-bond donors (Lipinski definition) is 1. The predicted octanol–water partition coefficient (Wildman–Crippen LogP) is 0.155. The van der Waals surface area contributed by atoms with Crippen molar-refractivity contribution in [3.63, 3.8) is 0 Å². The predicted molar refractivity (Wildman–Crippen MR) is 98.4 cm³/mol. The van der Waals surface area contributed by atoms with E-state index in [0.29, 0.717) is 6.26 Å². The number of rotatable bonds is 2. The largest absolute Gasteiger partial charge is 0.748 e. The van der Waals surface area contributed by atoms with Crippen LogP contribution in [-0.4, -0.2) is 87.0 Å². The van der Waals surface area contributed by atoms with Crippen molar-refractivity contribution in [2.24, 2.45) is 0 Å². The Hall–Kier alpha value is -1.35. The van der Waals surface area contributed by atoms with Gasteiger partial charge in [-0.05, 0) is 24.3 Å². The van der Waals surface area contributed by atoms with Gasteiger partial charge >= 0.3 is 0 Å². The van der Waals surface area contributed by atoms with Crippen LogP contribution in [0.5, 0.6) is 0 Å². The summed E-state index contributed by atoms with van der Waals surface area (Å²) in [7, 11) is -3.92. The Morgan fingerprint density at radius 3 is 2.12 bits per heavy atom. The Morgan fingerprint density at radius 1 is 1.08 bits per heavy atom. The topological polar surface area (TPSA) is 89.7 Å². The third-order valence-corrected chi connectivity index (χ3v) is 5.78. The molecule has 4 aliphatic rings. The molecule has 4 aliphatic heterocycles. The van der Waals surface area contributed by atoms with E-state index < -0.39 is 10.1 Å². The highest BCUT2D eigenvalue weighted by atomic mass is 32.2. The summed E-state index contributed by atoms with van der Waals surface area (Å²) in [5.41, 5.74) is 7.99. The summed E-state index contributed by atoms with van der Waals surface area (Å²) in [6, 6.07) is 9.23. The van der Waals surface area contributed by atoms with Crippen molar-refractivity contribution in [1.29, 1.82) is 0 Å². The summed E-state index contributed by atoms with van der Waals surface area (Å²) >= 11 is 0. The summed E-state index contributed by atoms with van der Waals surface area (Å²) in [6.07, 6.45) is 1.96. The summed E-state index contributed by atoms with van der Waals surface area (Å²) in [5, 5.41) is 0. The van der Waals surface area contributed by atoms with Gasteiger partial charge in [0.1, 0.15) is 6.04 Å². The first kappa shape index (κ1) is 18.4. The maximum atomic E-state index is 9.08. The minimum atomic E-state index is -3.92. The molecule has 1 aromatic carbocycles. The molecule has 7 nitrogen and oxygen atoms in total. The average molecular weight is 369 g/mol. The van der Waals surface area contributed by atoms with E-state index in [1.807, 2.05) is 12.1 Å². The highest BCUT2D eigenvalue weighted by Crippen LogP contribution is 2.31. The first-order valence-corrected chi connectivity index (χ1v) is 10.7. The molecule has 140 valence electrons. The van der Waals surface area contributed by atoms with Crippen LogP contribution in [0.4, 0.5) is 11.4 Å². The molecule has 4 saturated heterocycles. The van der Waals surface area contributed by atoms with Crippen molar-refractivity contribution in [1.82, 2.24) is 4.90 Å². The van der Waals surface area contributed by atoms with E-state index in [1.165, 1.54) is 68.9 Å². The number of nitrogen functional groups attached to an aromatic ring is 1. The second-order valence-corrected chi connectivity index (χ2v) is 8.82. The van der Waals surface area contributed by atoms with Crippen LogP contribution in [0, 0.1) is 0 Å². The Balaban J connectivity index is 0.000000324. The number of hydrogen-bond acceptors (Lipinski definition) is 6. The molecule has 4 heterocycles. The van der Waals surface area contributed by atoms with Gasteiger partial charge in [-0.3, -0.25) is 4.90 Å². The molecule has 0 aromatic heterocycles. The van der Waals surface area contributed by atoms with Gasteiger partial charge in [-0.1, -0.05) is 0 Å². The fourth-order valence-electron chi connectivity index (χ4n) is 4.35. The van der Waals surface area contributed by atoms with Crippen molar-refractivity contribution in [3.8, 4) is 0 Å². The van der Waals surface area contributed by atoms with E-state index in [9.17, 15) is 0 Å². The SMILES string of the molecule is CS(=O)(=O)[O-].Nc1ccc(N2CCC([N+]34CCN(CC3)CC4)C2)cc1. The van der Waals surface area contributed by atoms with Crippen LogP contribution in [0.1, 0.15) is 6.42 Å². The molecule has 0 spiro atoms. The fraction of sp³-hybridized carbons (Fsp3) is 0.647. The van der Waals surface area contributed by atoms with Crippen molar-refractivity contribution in [3.05, 3.63) is 24.3 Å². The standard InChI is InChI=1S/C16H25N4.CH4O3S/c17-14-1-3-15(4-2-14)19-6-5-16(13-19)20-10-7-18(8-11-20)9-12-20;1-5(2,3)4/h1-4,16H,5-13,17H2;1H3,(H,2,3,4)/q+1;/p-1. The molecule has 1 atom stereocenters. The summed E-state index contributed by atoms with van der Waals surface area (Å²) < 4.78 is 28.6. The van der Waals surface area contributed by atoms with Gasteiger partial charge in [0.2, 0.25) is 0 Å². The van der Waals surface area contributed by atoms with Gasteiger partial charge in [-0.25, -0.2) is 8.42 Å². The van der Waals surface area contributed by atoms with Gasteiger partial charge in [-0.2, -0.15) is 0 Å². The number of piperazine rings is 3. The molecule has 1 unspecified atom stereocenters. The zero-order valence-electron chi connectivity index (χ0n) is 14.8. The summed E-state index contributed by atoms with van der Waals surface area (Å²) in [5.74, 6) is 0. The van der Waals surface area contributed by atoms with Gasteiger partial charge in [-0.15, -0.1) is 0 Å². The third kappa shape index (κ3) is 4.63. The van der Waals surface area contributed by atoms with E-state index in [4.69, 9.17) is 18.7 Å². The molecular weight excluding hydrogens is 340 g/mol. The maximum absolute atomic E-state index is 9.08. The highest BCUT2D eigenvalue weighted by Gasteiger charge is 2.46. The molecule has 2 bridgehead atoms. The molecule has 0 amide bonds. The van der Waals surface area contributed by atoms with Crippen molar-refractivity contribution < 1.29 is 17.5 Å². The molecule has 5 rings (SSSR count). The molecule has 1 aromatic rings. The van der Waals surface area contributed by atoms with Gasteiger partial charge in [0, 0.05) is 50.2 Å². The monoisotopic (exact) mass is 368 g/mol. The number of anilines is 2. The van der Waals surface area contributed by atoms with Crippen molar-refractivity contribution >= 4 is 21.5 Å². The van der Waals surface area contributed by atoms with E-state index in [-0.39, 0.29) is 0 Å². The molecule has 2 N–H and O–H groups in total. The van der Waals surface area contributed by atoms with Gasteiger partial charge in [0.25, 0.3) is 0 Å². The summed E-state index contributed by atoms with van der Waals surface area (Å²) in [4.78, 5) is 5.19. The summed E-state index contributed by atoms with van der Waals surface area (Å²) in [6.45, 7) is 10.5. The van der Waals surface area contributed by atoms with Crippen LogP contribution >= 0.6 is 0 Å². The lowest BCUT2D eigenvalue weighted by molar-refractivity contribution is -0.961. The second-order valence-electron chi connectivity index (χ2n) is 7.42. The Morgan fingerprint density at radius 2 is 1.60 bits per heavy atom. The Bertz CT molecular complexity index is 663. The van der Waals surface area contributed by atoms with E-state index in [2.05, 4.69) is 21.9 Å². The molecule has 4 fully saturated rings. The Labute approximate surface area is 150 Å². The number of nitrogens with two attached hydrogens (primary N) is 1. The van der Waals surface area contributed by atoms with Crippen LogP contribution in [0.3, 0.4) is 0 Å². The zero-order valence-corrected chi connectivity index (χ0v) is 15.6. The van der Waals surface area contributed by atoms with Crippen LogP contribution in [0.25, 0.3) is 0 Å². The lowest BCUT2D eigenvalue weighted by atomic mass is 10.0. The number of benzene rings is 1. The molecule has 25 heavy (non-hydrogen) atoms. The number of quaternary nitrogens is 1. The van der Waals surface area contributed by atoms with Gasteiger partial charge in [0.15, 0.2) is 0 Å². The maximum Gasteiger partial charge on any atom is 0.109 e. The van der Waals surface area contributed by atoms with Crippen LogP contribution in [-0.2, 0) is 10.1 Å². The molecule has 0 radical (unpaired) electrons. The normalized spacial score (nSPS) is 31.5. The lowest BCUT2D eigenvalue weighted by Gasteiger charge is -2.53. The zero-order chi connectivity index (χ0) is 18.1. The molecule has 8 heteroatoms. The van der Waals surface area contributed by atoms with Crippen molar-refractivity contribution in [2.75, 3.05) is 69.2 Å². The first-order chi connectivity index (χ1) is 11.8. The molecular formula is C17H28N4O3S. The number of fused-ring (bicyclic) bond motifs is 3. The van der Waals surface area contributed by atoms with Gasteiger partial charge in [0.05, 0.1) is 36.3 Å². The highest BCUT2D eigenvalue weighted by molar-refractivity contribution is 7.84. The number of nitrogens with zero attached hydrogens (tertiary/aromatic N) is 3. The minimum Gasteiger partial charge on any atom is -0.748 e. The lowest BCUT2D eigenvalue weighted by Crippen LogP contribution is -2.71. The van der Waals surface area contributed by atoms with Crippen LogP contribution in [0.2, 0.25) is 0 Å². The minimum absolute atomic E-state index is 0.604.